The molecule has 0 aromatic rings. The van der Waals surface area contributed by atoms with Gasteiger partial charge in [0.25, 0.3) is 0 Å². The van der Waals surface area contributed by atoms with E-state index in [1.54, 1.807) is 27.7 Å². The Balaban J connectivity index is 4.90. The molecule has 0 aliphatic carbocycles. The Hall–Kier alpha value is -2.69. The third-order valence-corrected chi connectivity index (χ3v) is 4.25. The molecule has 0 radical (unpaired) electrons. The average molecular weight is 402 g/mol. The van der Waals surface area contributed by atoms with Crippen LogP contribution < -0.4 is 21.7 Å². The van der Waals surface area contributed by atoms with Gasteiger partial charge in [-0.1, -0.05) is 34.1 Å². The van der Waals surface area contributed by atoms with Crippen LogP contribution >= 0.6 is 0 Å². The van der Waals surface area contributed by atoms with Crippen LogP contribution in [0, 0.1) is 11.8 Å². The van der Waals surface area contributed by atoms with Gasteiger partial charge in [-0.3, -0.25) is 19.2 Å². The largest absolute Gasteiger partial charge is 0.481 e. The summed E-state index contributed by atoms with van der Waals surface area (Å²) in [6, 6.07) is -3.47. The van der Waals surface area contributed by atoms with Crippen LogP contribution in [0.5, 0.6) is 0 Å². The molecule has 0 fully saturated rings. The zero-order valence-electron chi connectivity index (χ0n) is 16.5. The monoisotopic (exact) mass is 402 g/mol. The molecule has 0 aromatic heterocycles. The Morgan fingerprint density at radius 3 is 1.96 bits per heavy atom. The molecule has 0 aliphatic heterocycles. The van der Waals surface area contributed by atoms with Crippen molar-refractivity contribution in [1.82, 2.24) is 16.0 Å². The van der Waals surface area contributed by atoms with Crippen LogP contribution in [0.15, 0.2) is 0 Å². The van der Waals surface area contributed by atoms with Gasteiger partial charge >= 0.3 is 11.9 Å². The van der Waals surface area contributed by atoms with Crippen LogP contribution in [0.4, 0.5) is 0 Å². The Bertz CT molecular complexity index is 594. The molecule has 7 N–H and O–H groups in total. The van der Waals surface area contributed by atoms with Crippen LogP contribution in [0.3, 0.4) is 0 Å². The highest BCUT2D eigenvalue weighted by molar-refractivity contribution is 5.94. The molecule has 28 heavy (non-hydrogen) atoms. The number of carboxylic acids is 2. The van der Waals surface area contributed by atoms with E-state index in [1.807, 2.05) is 0 Å². The lowest BCUT2D eigenvalue weighted by molar-refractivity contribution is -0.143. The lowest BCUT2D eigenvalue weighted by atomic mass is 9.99. The fraction of sp³-hybridized carbons (Fsp3) is 0.706. The van der Waals surface area contributed by atoms with E-state index in [0.29, 0.717) is 6.42 Å². The van der Waals surface area contributed by atoms with E-state index in [9.17, 15) is 24.0 Å². The van der Waals surface area contributed by atoms with E-state index < -0.39 is 60.8 Å². The van der Waals surface area contributed by atoms with Gasteiger partial charge in [-0.2, -0.15) is 0 Å². The van der Waals surface area contributed by atoms with Crippen molar-refractivity contribution in [3.8, 4) is 0 Å². The summed E-state index contributed by atoms with van der Waals surface area (Å²) in [4.78, 5) is 58.3. The fourth-order valence-electron chi connectivity index (χ4n) is 2.15. The summed E-state index contributed by atoms with van der Waals surface area (Å²) in [5.74, 6) is -5.42. The number of carbonyl (C=O) groups excluding carboxylic acids is 3. The van der Waals surface area contributed by atoms with Crippen LogP contribution in [0.1, 0.15) is 40.5 Å². The standard InChI is InChI=1S/C17H30N4O7/c1-5-9(4)14(17(27)28)21-11(22)7-19-15(25)10(6-12(23)24)20-16(26)13(18)8(2)3/h8-10,13-14H,5-7,18H2,1-4H3,(H,19,25)(H,20,26)(H,21,22)(H,23,24)(H,27,28). The number of amides is 3. The smallest absolute Gasteiger partial charge is 0.326 e. The molecule has 0 aromatic carbocycles. The number of hydrogen-bond donors (Lipinski definition) is 6. The van der Waals surface area contributed by atoms with Gasteiger partial charge in [0.1, 0.15) is 12.1 Å². The first kappa shape index (κ1) is 25.3. The number of rotatable bonds is 12. The van der Waals surface area contributed by atoms with Crippen LogP contribution in [-0.2, 0) is 24.0 Å². The summed E-state index contributed by atoms with van der Waals surface area (Å²) in [5, 5.41) is 24.8. The number of nitrogens with two attached hydrogens (primary N) is 1. The molecule has 0 heterocycles. The Labute approximate surface area is 163 Å². The maximum atomic E-state index is 12.2. The summed E-state index contributed by atoms with van der Waals surface area (Å²) >= 11 is 0. The van der Waals surface area contributed by atoms with Gasteiger partial charge in [-0.05, 0) is 11.8 Å². The lowest BCUT2D eigenvalue weighted by Gasteiger charge is -2.22. The SMILES string of the molecule is CCC(C)C(NC(=O)CNC(=O)C(CC(=O)O)NC(=O)C(N)C(C)C)C(=O)O. The first-order valence-electron chi connectivity index (χ1n) is 8.98. The number of aliphatic carboxylic acids is 2. The maximum absolute atomic E-state index is 12.2. The van der Waals surface area contributed by atoms with Crippen molar-refractivity contribution in [3.63, 3.8) is 0 Å². The Morgan fingerprint density at radius 2 is 1.54 bits per heavy atom. The molecule has 0 saturated heterocycles. The van der Waals surface area contributed by atoms with E-state index in [2.05, 4.69) is 16.0 Å². The molecule has 0 rings (SSSR count). The minimum atomic E-state index is -1.42. The van der Waals surface area contributed by atoms with Crippen molar-refractivity contribution in [1.29, 1.82) is 0 Å². The Kier molecular flexibility index (Phi) is 10.8. The summed E-state index contributed by atoms with van der Waals surface area (Å²) in [6.07, 6.45) is -0.180. The van der Waals surface area contributed by atoms with Gasteiger partial charge in [-0.15, -0.1) is 0 Å². The molecule has 0 saturated carbocycles. The minimum absolute atomic E-state index is 0.229. The molecule has 4 atom stereocenters. The molecular weight excluding hydrogens is 372 g/mol. The quantitative estimate of drug-likeness (QED) is 0.231. The van der Waals surface area contributed by atoms with Crippen LogP contribution in [0.25, 0.3) is 0 Å². The van der Waals surface area contributed by atoms with Gasteiger partial charge in [0.05, 0.1) is 19.0 Å². The van der Waals surface area contributed by atoms with E-state index in [0.717, 1.165) is 0 Å². The van der Waals surface area contributed by atoms with Crippen molar-refractivity contribution >= 4 is 29.7 Å². The zero-order valence-corrected chi connectivity index (χ0v) is 16.5. The first-order chi connectivity index (χ1) is 12.9. The summed E-state index contributed by atoms with van der Waals surface area (Å²) in [7, 11) is 0. The van der Waals surface area contributed by atoms with Gasteiger partial charge in [0.15, 0.2) is 0 Å². The molecule has 160 valence electrons. The van der Waals surface area contributed by atoms with Crippen molar-refractivity contribution in [3.05, 3.63) is 0 Å². The fourth-order valence-corrected chi connectivity index (χ4v) is 2.15. The van der Waals surface area contributed by atoms with Crippen molar-refractivity contribution in [2.24, 2.45) is 17.6 Å². The van der Waals surface area contributed by atoms with Crippen LogP contribution in [0.2, 0.25) is 0 Å². The number of carbonyl (C=O) groups is 5. The van der Waals surface area contributed by atoms with E-state index >= 15 is 0 Å². The van der Waals surface area contributed by atoms with E-state index in [1.165, 1.54) is 0 Å². The molecule has 3 amide bonds. The van der Waals surface area contributed by atoms with Gasteiger partial charge in [0.2, 0.25) is 17.7 Å². The van der Waals surface area contributed by atoms with Gasteiger partial charge in [0, 0.05) is 0 Å². The molecule has 11 heteroatoms. The maximum Gasteiger partial charge on any atom is 0.326 e. The number of carboxylic acid groups (broad SMARTS) is 2. The third kappa shape index (κ3) is 8.80. The molecular formula is C17H30N4O7. The van der Waals surface area contributed by atoms with E-state index in [4.69, 9.17) is 15.9 Å². The van der Waals surface area contributed by atoms with Gasteiger partial charge in [-0.25, -0.2) is 4.79 Å². The van der Waals surface area contributed by atoms with Crippen LogP contribution in [-0.4, -0.2) is 64.5 Å². The summed E-state index contributed by atoms with van der Waals surface area (Å²) in [6.45, 7) is 6.25. The molecule has 4 unspecified atom stereocenters. The predicted molar refractivity (Wildman–Crippen MR) is 99.0 cm³/mol. The van der Waals surface area contributed by atoms with Crippen molar-refractivity contribution in [2.45, 2.75) is 58.7 Å². The second-order valence-electron chi connectivity index (χ2n) is 6.92. The average Bonchev–Trinajstić information content (AvgIpc) is 2.61. The second kappa shape index (κ2) is 11.9. The summed E-state index contributed by atoms with van der Waals surface area (Å²) in [5.41, 5.74) is 5.68. The van der Waals surface area contributed by atoms with Crippen molar-refractivity contribution < 1.29 is 34.2 Å². The predicted octanol–water partition coefficient (Wildman–Crippen LogP) is -1.34. The topological polar surface area (TPSA) is 188 Å². The molecule has 0 spiro atoms. The highest BCUT2D eigenvalue weighted by Gasteiger charge is 2.28. The number of nitrogens with one attached hydrogen (secondary N) is 3. The zero-order chi connectivity index (χ0) is 22.0. The minimum Gasteiger partial charge on any atom is -0.481 e. The Morgan fingerprint density at radius 1 is 0.964 bits per heavy atom. The molecule has 11 nitrogen and oxygen atoms in total. The molecule has 0 aliphatic rings. The van der Waals surface area contributed by atoms with E-state index in [-0.39, 0.29) is 11.8 Å². The number of hydrogen-bond acceptors (Lipinski definition) is 6. The molecule has 0 bridgehead atoms. The third-order valence-electron chi connectivity index (χ3n) is 4.25. The highest BCUT2D eigenvalue weighted by Crippen LogP contribution is 2.07. The van der Waals surface area contributed by atoms with Crippen molar-refractivity contribution in [2.75, 3.05) is 6.54 Å². The highest BCUT2D eigenvalue weighted by atomic mass is 16.4. The second-order valence-corrected chi connectivity index (χ2v) is 6.92. The summed E-state index contributed by atoms with van der Waals surface area (Å²) < 4.78 is 0. The normalized spacial score (nSPS) is 15.1. The lowest BCUT2D eigenvalue weighted by Crippen LogP contribution is -2.55. The first-order valence-corrected chi connectivity index (χ1v) is 8.98. The van der Waals surface area contributed by atoms with Gasteiger partial charge < -0.3 is 31.9 Å².